The third kappa shape index (κ3) is 2.34. The van der Waals surface area contributed by atoms with Crippen LogP contribution < -0.4 is 5.32 Å². The van der Waals surface area contributed by atoms with Crippen LogP contribution in [0.1, 0.15) is 35.2 Å². The van der Waals surface area contributed by atoms with Gasteiger partial charge in [-0.3, -0.25) is 0 Å². The van der Waals surface area contributed by atoms with Gasteiger partial charge in [0.2, 0.25) is 0 Å². The number of hydrogen-bond acceptors (Lipinski definition) is 1. The Morgan fingerprint density at radius 3 is 2.11 bits per heavy atom. The molecule has 0 aliphatic heterocycles. The van der Waals surface area contributed by atoms with Gasteiger partial charge in [0.15, 0.2) is 0 Å². The van der Waals surface area contributed by atoms with E-state index < -0.39 is 0 Å². The highest BCUT2D eigenvalue weighted by Gasteiger charge is 2.24. The average Bonchev–Trinajstić information content (AvgIpc) is 2.43. The van der Waals surface area contributed by atoms with Gasteiger partial charge in [0.05, 0.1) is 6.04 Å². The van der Waals surface area contributed by atoms with Crippen molar-refractivity contribution in [2.45, 2.75) is 19.4 Å². The molecule has 0 unspecified atom stereocenters. The van der Waals surface area contributed by atoms with Gasteiger partial charge in [-0.05, 0) is 35.6 Å². The summed E-state index contributed by atoms with van der Waals surface area (Å²) in [5.41, 5.74) is 6.84. The standard InChI is InChI=1S/C18H19N/c1-13(2)12-19-18-16-9-5-3-7-14(16)11-15-8-4-6-10-17(15)18/h3-10,18-19H,1,11-12H2,2H3. The van der Waals surface area contributed by atoms with Crippen LogP contribution in [0.25, 0.3) is 0 Å². The van der Waals surface area contributed by atoms with Crippen molar-refractivity contribution in [2.24, 2.45) is 0 Å². The highest BCUT2D eigenvalue weighted by molar-refractivity contribution is 5.48. The third-order valence-corrected chi connectivity index (χ3v) is 3.72. The van der Waals surface area contributed by atoms with E-state index in [0.29, 0.717) is 0 Å². The predicted molar refractivity (Wildman–Crippen MR) is 80.3 cm³/mol. The molecule has 19 heavy (non-hydrogen) atoms. The van der Waals surface area contributed by atoms with Crippen LogP contribution in [-0.2, 0) is 6.42 Å². The van der Waals surface area contributed by atoms with E-state index in [9.17, 15) is 0 Å². The van der Waals surface area contributed by atoms with Crippen LogP contribution in [0.5, 0.6) is 0 Å². The summed E-state index contributed by atoms with van der Waals surface area (Å²) < 4.78 is 0. The molecule has 1 nitrogen and oxygen atoms in total. The lowest BCUT2D eigenvalue weighted by molar-refractivity contribution is 0.620. The first kappa shape index (κ1) is 12.2. The van der Waals surface area contributed by atoms with Crippen molar-refractivity contribution >= 4 is 0 Å². The molecule has 1 aliphatic rings. The van der Waals surface area contributed by atoms with E-state index in [4.69, 9.17) is 0 Å². The topological polar surface area (TPSA) is 12.0 Å². The second-order valence-corrected chi connectivity index (χ2v) is 5.35. The normalized spacial score (nSPS) is 13.7. The molecule has 2 aromatic rings. The van der Waals surface area contributed by atoms with Crippen LogP contribution in [-0.4, -0.2) is 6.54 Å². The molecule has 0 saturated carbocycles. The molecule has 96 valence electrons. The number of hydrogen-bond donors (Lipinski definition) is 1. The highest BCUT2D eigenvalue weighted by atomic mass is 14.9. The lowest BCUT2D eigenvalue weighted by atomic mass is 9.82. The molecule has 1 N–H and O–H groups in total. The summed E-state index contributed by atoms with van der Waals surface area (Å²) in [4.78, 5) is 0. The zero-order valence-electron chi connectivity index (χ0n) is 11.3. The largest absolute Gasteiger partial charge is 0.302 e. The predicted octanol–water partition coefficient (Wildman–Crippen LogP) is 3.85. The smallest absolute Gasteiger partial charge is 0.0584 e. The van der Waals surface area contributed by atoms with Gasteiger partial charge in [-0.15, -0.1) is 0 Å². The lowest BCUT2D eigenvalue weighted by Crippen LogP contribution is -2.28. The van der Waals surface area contributed by atoms with Crippen LogP contribution in [0.2, 0.25) is 0 Å². The van der Waals surface area contributed by atoms with Crippen molar-refractivity contribution in [3.8, 4) is 0 Å². The molecule has 0 aromatic heterocycles. The summed E-state index contributed by atoms with van der Waals surface area (Å²) in [6.07, 6.45) is 1.04. The molecule has 0 saturated heterocycles. The Hall–Kier alpha value is -1.86. The Morgan fingerprint density at radius 1 is 1.05 bits per heavy atom. The molecule has 0 radical (unpaired) electrons. The second-order valence-electron chi connectivity index (χ2n) is 5.35. The Labute approximate surface area is 115 Å². The van der Waals surface area contributed by atoms with Gasteiger partial charge in [0.25, 0.3) is 0 Å². The van der Waals surface area contributed by atoms with E-state index >= 15 is 0 Å². The molecule has 0 bridgehead atoms. The molecular formula is C18H19N. The van der Waals surface area contributed by atoms with E-state index in [1.54, 1.807) is 0 Å². The zero-order chi connectivity index (χ0) is 13.2. The van der Waals surface area contributed by atoms with Gasteiger partial charge in [-0.1, -0.05) is 60.7 Å². The lowest BCUT2D eigenvalue weighted by Gasteiger charge is -2.29. The van der Waals surface area contributed by atoms with Crippen molar-refractivity contribution in [3.63, 3.8) is 0 Å². The van der Waals surface area contributed by atoms with Crippen LogP contribution in [0.15, 0.2) is 60.7 Å². The maximum absolute atomic E-state index is 3.99. The number of rotatable bonds is 3. The van der Waals surface area contributed by atoms with Crippen molar-refractivity contribution < 1.29 is 0 Å². The third-order valence-electron chi connectivity index (χ3n) is 3.72. The SMILES string of the molecule is C=C(C)CNC1c2ccccc2Cc2ccccc21. The van der Waals surface area contributed by atoms with Gasteiger partial charge in [0.1, 0.15) is 0 Å². The van der Waals surface area contributed by atoms with Gasteiger partial charge in [0, 0.05) is 6.54 Å². The Kier molecular flexibility index (Phi) is 3.22. The van der Waals surface area contributed by atoms with E-state index in [2.05, 4.69) is 67.4 Å². The summed E-state index contributed by atoms with van der Waals surface area (Å²) in [5, 5.41) is 3.63. The summed E-state index contributed by atoms with van der Waals surface area (Å²) >= 11 is 0. The molecule has 0 amide bonds. The van der Waals surface area contributed by atoms with Crippen molar-refractivity contribution in [2.75, 3.05) is 6.54 Å². The van der Waals surface area contributed by atoms with Crippen molar-refractivity contribution in [1.29, 1.82) is 0 Å². The summed E-state index contributed by atoms with van der Waals surface area (Å²) in [5.74, 6) is 0. The molecular weight excluding hydrogens is 230 g/mol. The Bertz CT molecular complexity index is 567. The first-order chi connectivity index (χ1) is 9.25. The number of fused-ring (bicyclic) bond motifs is 2. The fraction of sp³-hybridized carbons (Fsp3) is 0.222. The summed E-state index contributed by atoms with van der Waals surface area (Å²) in [6, 6.07) is 17.7. The van der Waals surface area contributed by atoms with E-state index in [0.717, 1.165) is 13.0 Å². The van der Waals surface area contributed by atoms with Crippen LogP contribution in [0, 0.1) is 0 Å². The minimum absolute atomic E-state index is 0.290. The van der Waals surface area contributed by atoms with Crippen molar-refractivity contribution in [1.82, 2.24) is 5.32 Å². The van der Waals surface area contributed by atoms with Crippen molar-refractivity contribution in [3.05, 3.63) is 82.9 Å². The van der Waals surface area contributed by atoms with E-state index in [-0.39, 0.29) is 6.04 Å². The summed E-state index contributed by atoms with van der Waals surface area (Å²) in [7, 11) is 0. The quantitative estimate of drug-likeness (QED) is 0.815. The minimum Gasteiger partial charge on any atom is -0.302 e. The molecule has 0 spiro atoms. The fourth-order valence-electron chi connectivity index (χ4n) is 2.82. The van der Waals surface area contributed by atoms with Gasteiger partial charge in [-0.25, -0.2) is 0 Å². The Balaban J connectivity index is 2.03. The molecule has 0 fully saturated rings. The molecule has 3 rings (SSSR count). The molecule has 0 heterocycles. The maximum Gasteiger partial charge on any atom is 0.0584 e. The minimum atomic E-state index is 0.290. The summed E-state index contributed by atoms with van der Waals surface area (Å²) in [6.45, 7) is 6.91. The van der Waals surface area contributed by atoms with Crippen LogP contribution >= 0.6 is 0 Å². The van der Waals surface area contributed by atoms with Gasteiger partial charge in [-0.2, -0.15) is 0 Å². The monoisotopic (exact) mass is 249 g/mol. The highest BCUT2D eigenvalue weighted by Crippen LogP contribution is 2.34. The van der Waals surface area contributed by atoms with Crippen LogP contribution in [0.4, 0.5) is 0 Å². The van der Waals surface area contributed by atoms with E-state index in [1.807, 2.05) is 0 Å². The average molecular weight is 249 g/mol. The van der Waals surface area contributed by atoms with E-state index in [1.165, 1.54) is 27.8 Å². The number of benzene rings is 2. The molecule has 2 aromatic carbocycles. The Morgan fingerprint density at radius 2 is 1.58 bits per heavy atom. The van der Waals surface area contributed by atoms with Gasteiger partial charge < -0.3 is 5.32 Å². The maximum atomic E-state index is 3.99. The van der Waals surface area contributed by atoms with Gasteiger partial charge >= 0.3 is 0 Å². The molecule has 1 aliphatic carbocycles. The fourth-order valence-corrected chi connectivity index (χ4v) is 2.82. The van der Waals surface area contributed by atoms with Crippen LogP contribution in [0.3, 0.4) is 0 Å². The second kappa shape index (κ2) is 5.02. The zero-order valence-corrected chi connectivity index (χ0v) is 11.3. The molecule has 0 atom stereocenters. The first-order valence-corrected chi connectivity index (χ1v) is 6.79. The first-order valence-electron chi connectivity index (χ1n) is 6.79. The number of nitrogens with one attached hydrogen (secondary N) is 1. The molecule has 1 heteroatoms.